The number of carbonyl (C=O) groups is 2. The number of hydrogen-bond acceptors (Lipinski definition) is 4. The highest BCUT2D eigenvalue weighted by Gasteiger charge is 2.26. The fraction of sp³-hybridized carbons (Fsp3) is 0.438. The van der Waals surface area contributed by atoms with Crippen LogP contribution in [0.5, 0.6) is 0 Å². The third-order valence-corrected chi connectivity index (χ3v) is 3.32. The molecule has 1 aromatic carbocycles. The molecular weight excluding hydrogens is 282 g/mol. The maximum Gasteiger partial charge on any atom is 0.410 e. The number of benzene rings is 1. The zero-order chi connectivity index (χ0) is 16.5. The molecule has 6 heteroatoms. The molecule has 0 saturated carbocycles. The minimum atomic E-state index is -0.707. The molecule has 1 amide bonds. The molecule has 0 aliphatic rings. The molecule has 6 nitrogen and oxygen atoms in total. The smallest absolute Gasteiger partial charge is 0.410 e. The van der Waals surface area contributed by atoms with Crippen LogP contribution in [0.15, 0.2) is 24.5 Å². The van der Waals surface area contributed by atoms with E-state index < -0.39 is 17.7 Å². The van der Waals surface area contributed by atoms with Gasteiger partial charge in [0.25, 0.3) is 0 Å². The Morgan fingerprint density at radius 1 is 1.41 bits per heavy atom. The molecule has 22 heavy (non-hydrogen) atoms. The quantitative estimate of drug-likeness (QED) is 0.818. The van der Waals surface area contributed by atoms with Crippen molar-refractivity contribution in [2.24, 2.45) is 7.05 Å². The Kier molecular flexibility index (Phi) is 4.21. The summed E-state index contributed by atoms with van der Waals surface area (Å²) in [5.41, 5.74) is 1.84. The normalized spacial score (nSPS) is 13.0. The van der Waals surface area contributed by atoms with E-state index in [1.54, 1.807) is 34.1 Å². The first-order valence-electron chi connectivity index (χ1n) is 7.05. The van der Waals surface area contributed by atoms with Gasteiger partial charge >= 0.3 is 6.09 Å². The van der Waals surface area contributed by atoms with Crippen LogP contribution in [0.4, 0.5) is 4.79 Å². The predicted molar refractivity (Wildman–Crippen MR) is 83.5 cm³/mol. The van der Waals surface area contributed by atoms with Gasteiger partial charge in [-0.3, -0.25) is 4.90 Å². The van der Waals surface area contributed by atoms with Gasteiger partial charge in [0.05, 0.1) is 17.4 Å². The maximum atomic E-state index is 12.1. The summed E-state index contributed by atoms with van der Waals surface area (Å²) in [7, 11) is 3.45. The van der Waals surface area contributed by atoms with Crippen LogP contribution in [-0.2, 0) is 16.6 Å². The maximum absolute atomic E-state index is 12.1. The molecule has 1 unspecified atom stereocenters. The Morgan fingerprint density at radius 3 is 2.68 bits per heavy atom. The second-order valence-corrected chi connectivity index (χ2v) is 6.28. The average Bonchev–Trinajstić information content (AvgIpc) is 2.79. The van der Waals surface area contributed by atoms with E-state index in [1.165, 1.54) is 4.90 Å². The SMILES string of the molecule is CN(C(=O)OC(C)(C)C)C(C=O)c1ccc2c(c1)ncn2C. The first-order chi connectivity index (χ1) is 10.2. The van der Waals surface area contributed by atoms with Gasteiger partial charge in [-0.2, -0.15) is 0 Å². The molecule has 0 fully saturated rings. The molecule has 0 radical (unpaired) electrons. The van der Waals surface area contributed by atoms with E-state index in [9.17, 15) is 9.59 Å². The average molecular weight is 303 g/mol. The van der Waals surface area contributed by atoms with E-state index in [2.05, 4.69) is 4.98 Å². The fourth-order valence-electron chi connectivity index (χ4n) is 2.18. The van der Waals surface area contributed by atoms with Crippen molar-refractivity contribution in [3.8, 4) is 0 Å². The molecule has 1 heterocycles. The number of hydrogen-bond donors (Lipinski definition) is 0. The van der Waals surface area contributed by atoms with Gasteiger partial charge in [0.15, 0.2) is 0 Å². The summed E-state index contributed by atoms with van der Waals surface area (Å²) < 4.78 is 7.20. The molecule has 0 bridgehead atoms. The van der Waals surface area contributed by atoms with E-state index in [4.69, 9.17) is 4.74 Å². The van der Waals surface area contributed by atoms with Gasteiger partial charge in [-0.05, 0) is 38.5 Å². The lowest BCUT2D eigenvalue weighted by Crippen LogP contribution is -2.37. The fourth-order valence-corrected chi connectivity index (χ4v) is 2.18. The number of nitrogens with zero attached hydrogens (tertiary/aromatic N) is 3. The number of carbonyl (C=O) groups excluding carboxylic acids is 2. The van der Waals surface area contributed by atoms with Crippen LogP contribution in [0.2, 0.25) is 0 Å². The number of aldehydes is 1. The zero-order valence-electron chi connectivity index (χ0n) is 13.5. The Labute approximate surface area is 129 Å². The van der Waals surface area contributed by atoms with E-state index >= 15 is 0 Å². The highest BCUT2D eigenvalue weighted by molar-refractivity contribution is 5.79. The Morgan fingerprint density at radius 2 is 2.09 bits per heavy atom. The second kappa shape index (κ2) is 5.79. The van der Waals surface area contributed by atoms with E-state index in [1.807, 2.05) is 29.8 Å². The monoisotopic (exact) mass is 303 g/mol. The molecule has 118 valence electrons. The number of likely N-dealkylation sites (N-methyl/N-ethyl adjacent to an activating group) is 1. The first kappa shape index (κ1) is 16.0. The van der Waals surface area contributed by atoms with Crippen molar-refractivity contribution in [2.75, 3.05) is 7.05 Å². The Bertz CT molecular complexity index is 700. The molecular formula is C16H21N3O3. The van der Waals surface area contributed by atoms with E-state index in [0.717, 1.165) is 17.3 Å². The minimum absolute atomic E-state index is 0.536. The highest BCUT2D eigenvalue weighted by Crippen LogP contribution is 2.23. The number of amides is 1. The third kappa shape index (κ3) is 3.27. The van der Waals surface area contributed by atoms with Gasteiger partial charge in [-0.1, -0.05) is 6.07 Å². The standard InChI is InChI=1S/C16H21N3O3/c1-16(2,3)22-15(21)19(5)14(9-20)11-6-7-13-12(8-11)17-10-18(13)4/h6-10,14H,1-5H3. The molecule has 2 aromatic rings. The molecule has 0 aliphatic heterocycles. The van der Waals surface area contributed by atoms with Crippen molar-refractivity contribution in [3.05, 3.63) is 30.1 Å². The zero-order valence-corrected chi connectivity index (χ0v) is 13.5. The predicted octanol–water partition coefficient (Wildman–Crippen LogP) is 2.68. The lowest BCUT2D eigenvalue weighted by Gasteiger charge is -2.28. The van der Waals surface area contributed by atoms with Crippen LogP contribution in [-0.4, -0.2) is 39.5 Å². The van der Waals surface area contributed by atoms with E-state index in [0.29, 0.717) is 5.56 Å². The van der Waals surface area contributed by atoms with Gasteiger partial charge in [-0.15, -0.1) is 0 Å². The summed E-state index contributed by atoms with van der Waals surface area (Å²) in [6.07, 6.45) is 1.90. The highest BCUT2D eigenvalue weighted by atomic mass is 16.6. The van der Waals surface area contributed by atoms with Crippen LogP contribution >= 0.6 is 0 Å². The van der Waals surface area contributed by atoms with Gasteiger partial charge in [0.2, 0.25) is 0 Å². The summed E-state index contributed by atoms with van der Waals surface area (Å²) in [6, 6.07) is 4.82. The molecule has 1 atom stereocenters. The number of aromatic nitrogens is 2. The number of aryl methyl sites for hydroxylation is 1. The third-order valence-electron chi connectivity index (χ3n) is 3.32. The molecule has 0 aliphatic carbocycles. The summed E-state index contributed by atoms with van der Waals surface area (Å²) in [5, 5.41) is 0. The number of fused-ring (bicyclic) bond motifs is 1. The van der Waals surface area contributed by atoms with Gasteiger partial charge in [-0.25, -0.2) is 9.78 Å². The number of imidazole rings is 1. The Balaban J connectivity index is 2.29. The molecule has 0 N–H and O–H groups in total. The number of rotatable bonds is 3. The van der Waals surface area contributed by atoms with Crippen LogP contribution in [0.1, 0.15) is 32.4 Å². The lowest BCUT2D eigenvalue weighted by atomic mass is 10.1. The van der Waals surface area contributed by atoms with Crippen molar-refractivity contribution >= 4 is 23.4 Å². The molecule has 1 aromatic heterocycles. The summed E-state index contributed by atoms with van der Waals surface area (Å²) in [6.45, 7) is 5.36. The van der Waals surface area contributed by atoms with Crippen molar-refractivity contribution < 1.29 is 14.3 Å². The lowest BCUT2D eigenvalue weighted by molar-refractivity contribution is -0.112. The summed E-state index contributed by atoms with van der Waals surface area (Å²) in [4.78, 5) is 29.2. The van der Waals surface area contributed by atoms with Crippen molar-refractivity contribution in [2.45, 2.75) is 32.4 Å². The Hall–Kier alpha value is -2.37. The summed E-state index contributed by atoms with van der Waals surface area (Å²) >= 11 is 0. The number of ether oxygens (including phenoxy) is 1. The van der Waals surface area contributed by atoms with Crippen LogP contribution in [0.3, 0.4) is 0 Å². The molecule has 0 spiro atoms. The van der Waals surface area contributed by atoms with Crippen LogP contribution < -0.4 is 0 Å². The van der Waals surface area contributed by atoms with Gasteiger partial charge in [0.1, 0.15) is 17.9 Å². The largest absolute Gasteiger partial charge is 0.444 e. The topological polar surface area (TPSA) is 64.4 Å². The van der Waals surface area contributed by atoms with E-state index in [-0.39, 0.29) is 0 Å². The molecule has 2 rings (SSSR count). The van der Waals surface area contributed by atoms with Crippen molar-refractivity contribution in [1.29, 1.82) is 0 Å². The molecule has 0 saturated heterocycles. The first-order valence-corrected chi connectivity index (χ1v) is 7.05. The van der Waals surface area contributed by atoms with Crippen molar-refractivity contribution in [3.63, 3.8) is 0 Å². The van der Waals surface area contributed by atoms with Crippen LogP contribution in [0.25, 0.3) is 11.0 Å². The van der Waals surface area contributed by atoms with Crippen LogP contribution in [0, 0.1) is 0 Å². The minimum Gasteiger partial charge on any atom is -0.444 e. The van der Waals surface area contributed by atoms with Gasteiger partial charge < -0.3 is 14.1 Å². The van der Waals surface area contributed by atoms with Gasteiger partial charge in [0, 0.05) is 14.1 Å². The van der Waals surface area contributed by atoms with Crippen molar-refractivity contribution in [1.82, 2.24) is 14.5 Å². The summed E-state index contributed by atoms with van der Waals surface area (Å²) in [5.74, 6) is 0. The second-order valence-electron chi connectivity index (χ2n) is 6.28.